The first-order valence-corrected chi connectivity index (χ1v) is 7.33. The van der Waals surface area contributed by atoms with Crippen LogP contribution < -0.4 is 0 Å². The predicted molar refractivity (Wildman–Crippen MR) is 76.9 cm³/mol. The Balaban J connectivity index is 2.05. The van der Waals surface area contributed by atoms with Crippen LogP contribution in [0.15, 0.2) is 30.3 Å². The van der Waals surface area contributed by atoms with E-state index in [1.807, 2.05) is 0 Å². The molecule has 1 aromatic heterocycles. The Labute approximate surface area is 130 Å². The summed E-state index contributed by atoms with van der Waals surface area (Å²) < 4.78 is 46.4. The Morgan fingerprint density at radius 1 is 1.26 bits per heavy atom. The number of carbonyl (C=O) groups is 1. The minimum absolute atomic E-state index is 0.0438. The molecule has 1 saturated heterocycles. The predicted octanol–water partition coefficient (Wildman–Crippen LogP) is 4.08. The highest BCUT2D eigenvalue weighted by atomic mass is 19.4. The smallest absolute Gasteiger partial charge is 0.356 e. The molecule has 23 heavy (non-hydrogen) atoms. The molecule has 1 fully saturated rings. The van der Waals surface area contributed by atoms with Crippen molar-refractivity contribution >= 4 is 6.29 Å². The van der Waals surface area contributed by atoms with E-state index in [4.69, 9.17) is 4.74 Å². The van der Waals surface area contributed by atoms with Crippen molar-refractivity contribution in [3.8, 4) is 11.3 Å². The first-order chi connectivity index (χ1) is 11.0. The Kier molecular flexibility index (Phi) is 4.21. The molecular formula is C16H15F3N2O2. The van der Waals surface area contributed by atoms with Crippen molar-refractivity contribution in [3.63, 3.8) is 0 Å². The van der Waals surface area contributed by atoms with E-state index in [0.717, 1.165) is 18.9 Å². The third-order valence-electron chi connectivity index (χ3n) is 3.82. The van der Waals surface area contributed by atoms with Gasteiger partial charge >= 0.3 is 6.18 Å². The molecule has 0 amide bonds. The van der Waals surface area contributed by atoms with Crippen molar-refractivity contribution in [1.82, 2.24) is 9.78 Å². The lowest BCUT2D eigenvalue weighted by Gasteiger charge is -2.23. The number of alkyl halides is 3. The van der Waals surface area contributed by atoms with Gasteiger partial charge in [-0.1, -0.05) is 18.2 Å². The average molecular weight is 324 g/mol. The fourth-order valence-electron chi connectivity index (χ4n) is 2.73. The van der Waals surface area contributed by atoms with Crippen LogP contribution in [0.25, 0.3) is 11.3 Å². The second kappa shape index (κ2) is 6.16. The van der Waals surface area contributed by atoms with Crippen LogP contribution in [0.2, 0.25) is 0 Å². The van der Waals surface area contributed by atoms with Crippen molar-refractivity contribution in [2.75, 3.05) is 6.61 Å². The van der Waals surface area contributed by atoms with Gasteiger partial charge in [0.2, 0.25) is 0 Å². The van der Waals surface area contributed by atoms with E-state index in [9.17, 15) is 18.0 Å². The quantitative estimate of drug-likeness (QED) is 0.799. The fraction of sp³-hybridized carbons (Fsp3) is 0.375. The summed E-state index contributed by atoms with van der Waals surface area (Å²) in [5, 5.41) is 4.21. The normalized spacial score (nSPS) is 18.8. The van der Waals surface area contributed by atoms with Gasteiger partial charge in [-0.2, -0.15) is 18.3 Å². The van der Waals surface area contributed by atoms with Crippen LogP contribution in [0.3, 0.4) is 0 Å². The Morgan fingerprint density at radius 3 is 2.70 bits per heavy atom. The summed E-state index contributed by atoms with van der Waals surface area (Å²) in [6.45, 7) is 0.553. The molecule has 0 saturated carbocycles. The van der Waals surface area contributed by atoms with Crippen molar-refractivity contribution in [3.05, 3.63) is 41.6 Å². The molecule has 0 N–H and O–H groups in total. The van der Waals surface area contributed by atoms with Gasteiger partial charge in [-0.15, -0.1) is 0 Å². The molecule has 0 bridgehead atoms. The van der Waals surface area contributed by atoms with Crippen LogP contribution in [-0.2, 0) is 10.9 Å². The molecule has 0 spiro atoms. The molecule has 1 aromatic carbocycles. The maximum Gasteiger partial charge on any atom is 0.417 e. The molecule has 1 atom stereocenters. The van der Waals surface area contributed by atoms with Gasteiger partial charge in [-0.05, 0) is 31.4 Å². The molecule has 1 aliphatic rings. The van der Waals surface area contributed by atoms with Gasteiger partial charge in [0, 0.05) is 12.2 Å². The molecule has 3 rings (SSSR count). The highest BCUT2D eigenvalue weighted by Gasteiger charge is 2.34. The number of rotatable bonds is 3. The summed E-state index contributed by atoms with van der Waals surface area (Å²) in [6, 6.07) is 6.57. The van der Waals surface area contributed by atoms with E-state index < -0.39 is 18.0 Å². The highest BCUT2D eigenvalue weighted by molar-refractivity contribution is 5.76. The first kappa shape index (κ1) is 15.7. The lowest BCUT2D eigenvalue weighted by Crippen LogP contribution is -2.20. The van der Waals surface area contributed by atoms with Crippen molar-refractivity contribution in [2.24, 2.45) is 0 Å². The van der Waals surface area contributed by atoms with E-state index in [1.54, 1.807) is 0 Å². The van der Waals surface area contributed by atoms with Crippen LogP contribution in [0.5, 0.6) is 0 Å². The third-order valence-corrected chi connectivity index (χ3v) is 3.82. The van der Waals surface area contributed by atoms with Crippen LogP contribution in [0.4, 0.5) is 13.2 Å². The van der Waals surface area contributed by atoms with Crippen molar-refractivity contribution in [2.45, 2.75) is 31.7 Å². The first-order valence-electron chi connectivity index (χ1n) is 7.33. The molecular weight excluding hydrogens is 309 g/mol. The molecule has 2 aromatic rings. The molecule has 4 nitrogen and oxygen atoms in total. The minimum atomic E-state index is -4.48. The summed E-state index contributed by atoms with van der Waals surface area (Å²) in [5.74, 6) is 0. The fourth-order valence-corrected chi connectivity index (χ4v) is 2.73. The number of ether oxygens (including phenoxy) is 1. The second-order valence-corrected chi connectivity index (χ2v) is 5.38. The largest absolute Gasteiger partial charge is 0.417 e. The number of carbonyl (C=O) groups excluding carboxylic acids is 1. The number of halogens is 3. The zero-order chi connectivity index (χ0) is 16.4. The van der Waals surface area contributed by atoms with Gasteiger partial charge in [-0.3, -0.25) is 4.79 Å². The monoisotopic (exact) mass is 324 g/mol. The lowest BCUT2D eigenvalue weighted by molar-refractivity contribution is -0.137. The molecule has 122 valence electrons. The number of nitrogens with zero attached hydrogens (tertiary/aromatic N) is 2. The molecule has 0 radical (unpaired) electrons. The van der Waals surface area contributed by atoms with Crippen molar-refractivity contribution in [1.29, 1.82) is 0 Å². The Morgan fingerprint density at radius 2 is 2.04 bits per heavy atom. The van der Waals surface area contributed by atoms with Gasteiger partial charge in [0.05, 0.1) is 11.3 Å². The Bertz CT molecular complexity index is 704. The molecule has 0 aliphatic carbocycles. The van der Waals surface area contributed by atoms with E-state index in [0.29, 0.717) is 19.3 Å². The number of aromatic nitrogens is 2. The highest BCUT2D eigenvalue weighted by Crippen LogP contribution is 2.37. The van der Waals surface area contributed by atoms with Gasteiger partial charge < -0.3 is 4.74 Å². The van der Waals surface area contributed by atoms with E-state index in [-0.39, 0.29) is 17.0 Å². The van der Waals surface area contributed by atoms with E-state index >= 15 is 0 Å². The van der Waals surface area contributed by atoms with Gasteiger partial charge in [-0.25, -0.2) is 4.68 Å². The molecule has 1 aliphatic heterocycles. The Hall–Kier alpha value is -2.15. The molecule has 2 heterocycles. The zero-order valence-electron chi connectivity index (χ0n) is 12.2. The standard InChI is InChI=1S/C16H15F3N2O2/c17-16(18,19)13-6-2-1-5-12(13)14-9-11(10-22)21(20-14)15-7-3-4-8-23-15/h1-2,5-6,9-10,15H,3-4,7-8H2. The van der Waals surface area contributed by atoms with Crippen LogP contribution in [-0.4, -0.2) is 22.7 Å². The number of hydrogen-bond acceptors (Lipinski definition) is 3. The number of aldehydes is 1. The summed E-state index contributed by atoms with van der Waals surface area (Å²) in [7, 11) is 0. The lowest BCUT2D eigenvalue weighted by atomic mass is 10.0. The SMILES string of the molecule is O=Cc1cc(-c2ccccc2C(F)(F)F)nn1C1CCCCO1. The third kappa shape index (κ3) is 3.14. The summed E-state index contributed by atoms with van der Waals surface area (Å²) >= 11 is 0. The topological polar surface area (TPSA) is 44.1 Å². The van der Waals surface area contributed by atoms with Gasteiger partial charge in [0.1, 0.15) is 5.69 Å². The van der Waals surface area contributed by atoms with E-state index in [2.05, 4.69) is 5.10 Å². The van der Waals surface area contributed by atoms with Crippen LogP contribution in [0.1, 0.15) is 41.5 Å². The van der Waals surface area contributed by atoms with Crippen LogP contribution in [0, 0.1) is 0 Å². The summed E-state index contributed by atoms with van der Waals surface area (Å²) in [4.78, 5) is 11.3. The summed E-state index contributed by atoms with van der Waals surface area (Å²) in [5.41, 5.74) is -0.484. The average Bonchev–Trinajstić information content (AvgIpc) is 2.99. The molecule has 7 heteroatoms. The van der Waals surface area contributed by atoms with Crippen molar-refractivity contribution < 1.29 is 22.7 Å². The van der Waals surface area contributed by atoms with E-state index in [1.165, 1.54) is 28.9 Å². The molecule has 1 unspecified atom stereocenters. The van der Waals surface area contributed by atoms with Gasteiger partial charge in [0.25, 0.3) is 0 Å². The number of benzene rings is 1. The minimum Gasteiger partial charge on any atom is -0.356 e. The van der Waals surface area contributed by atoms with Crippen LogP contribution >= 0.6 is 0 Å². The zero-order valence-corrected chi connectivity index (χ0v) is 12.2. The maximum absolute atomic E-state index is 13.1. The summed E-state index contributed by atoms with van der Waals surface area (Å²) in [6.07, 6.45) is -1.76. The number of hydrogen-bond donors (Lipinski definition) is 0. The van der Waals surface area contributed by atoms with Gasteiger partial charge in [0.15, 0.2) is 12.5 Å². The maximum atomic E-state index is 13.1. The second-order valence-electron chi connectivity index (χ2n) is 5.38.